The van der Waals surface area contributed by atoms with E-state index in [-0.39, 0.29) is 5.92 Å². The standard InChI is InChI=1S/C13H20N4O2/c1-4-9-10(5-2)16-17-12(14-9)15-13(3,11(18)19)8-6-7-8/h8H,4-7H2,1-3H3,(H,18,19)(H,14,15,17). The minimum atomic E-state index is -1.000. The first-order valence-electron chi connectivity index (χ1n) is 6.75. The summed E-state index contributed by atoms with van der Waals surface area (Å²) in [7, 11) is 0. The van der Waals surface area contributed by atoms with E-state index in [1.165, 1.54) is 0 Å². The summed E-state index contributed by atoms with van der Waals surface area (Å²) in [5, 5.41) is 20.5. The van der Waals surface area contributed by atoms with Gasteiger partial charge in [-0.1, -0.05) is 13.8 Å². The Balaban J connectivity index is 2.24. The summed E-state index contributed by atoms with van der Waals surface area (Å²) in [4.78, 5) is 15.8. The van der Waals surface area contributed by atoms with E-state index in [0.29, 0.717) is 5.95 Å². The first-order chi connectivity index (χ1) is 9.01. The molecular weight excluding hydrogens is 244 g/mol. The van der Waals surface area contributed by atoms with Gasteiger partial charge in [-0.3, -0.25) is 0 Å². The second-order valence-corrected chi connectivity index (χ2v) is 5.14. The van der Waals surface area contributed by atoms with Gasteiger partial charge in [-0.25, -0.2) is 9.78 Å². The van der Waals surface area contributed by atoms with Gasteiger partial charge in [0.1, 0.15) is 5.54 Å². The molecule has 6 heteroatoms. The number of hydrogen-bond acceptors (Lipinski definition) is 5. The molecule has 1 saturated carbocycles. The molecule has 19 heavy (non-hydrogen) atoms. The van der Waals surface area contributed by atoms with Crippen molar-refractivity contribution >= 4 is 11.9 Å². The summed E-state index contributed by atoms with van der Waals surface area (Å²) in [6.45, 7) is 5.70. The van der Waals surface area contributed by atoms with Crippen LogP contribution in [0, 0.1) is 5.92 Å². The molecule has 1 unspecified atom stereocenters. The van der Waals surface area contributed by atoms with Gasteiger partial charge in [0.15, 0.2) is 0 Å². The highest BCUT2D eigenvalue weighted by atomic mass is 16.4. The number of nitrogens with zero attached hydrogens (tertiary/aromatic N) is 3. The molecule has 1 atom stereocenters. The van der Waals surface area contributed by atoms with Crippen LogP contribution in [0.3, 0.4) is 0 Å². The molecule has 1 aliphatic rings. The highest BCUT2D eigenvalue weighted by molar-refractivity contribution is 5.82. The maximum atomic E-state index is 11.4. The van der Waals surface area contributed by atoms with Gasteiger partial charge in [-0.15, -0.1) is 5.10 Å². The second kappa shape index (κ2) is 5.11. The van der Waals surface area contributed by atoms with E-state index in [0.717, 1.165) is 37.1 Å². The zero-order chi connectivity index (χ0) is 14.0. The van der Waals surface area contributed by atoms with Crippen molar-refractivity contribution in [3.05, 3.63) is 11.4 Å². The topological polar surface area (TPSA) is 88.0 Å². The van der Waals surface area contributed by atoms with Crippen LogP contribution in [0.4, 0.5) is 5.95 Å². The van der Waals surface area contributed by atoms with E-state index in [1.807, 2.05) is 13.8 Å². The number of aromatic nitrogens is 3. The molecule has 104 valence electrons. The van der Waals surface area contributed by atoms with Gasteiger partial charge in [0.25, 0.3) is 0 Å². The van der Waals surface area contributed by atoms with Gasteiger partial charge >= 0.3 is 5.97 Å². The van der Waals surface area contributed by atoms with E-state index >= 15 is 0 Å². The van der Waals surface area contributed by atoms with Crippen molar-refractivity contribution in [3.8, 4) is 0 Å². The predicted molar refractivity (Wildman–Crippen MR) is 71.0 cm³/mol. The van der Waals surface area contributed by atoms with Crippen LogP contribution < -0.4 is 5.32 Å². The second-order valence-electron chi connectivity index (χ2n) is 5.14. The van der Waals surface area contributed by atoms with Crippen LogP contribution >= 0.6 is 0 Å². The van der Waals surface area contributed by atoms with Crippen LogP contribution in [0.15, 0.2) is 0 Å². The van der Waals surface area contributed by atoms with Crippen LogP contribution in [-0.2, 0) is 17.6 Å². The van der Waals surface area contributed by atoms with Crippen LogP contribution in [0.2, 0.25) is 0 Å². The van der Waals surface area contributed by atoms with E-state index in [1.54, 1.807) is 6.92 Å². The number of aliphatic carboxylic acids is 1. The van der Waals surface area contributed by atoms with Crippen molar-refractivity contribution in [2.45, 2.75) is 52.0 Å². The average Bonchev–Trinajstić information content (AvgIpc) is 3.22. The lowest BCUT2D eigenvalue weighted by Gasteiger charge is -2.26. The Hall–Kier alpha value is -1.72. The minimum Gasteiger partial charge on any atom is -0.480 e. The molecule has 0 amide bonds. The average molecular weight is 264 g/mol. The first-order valence-corrected chi connectivity index (χ1v) is 6.75. The van der Waals surface area contributed by atoms with Gasteiger partial charge in [-0.05, 0) is 38.5 Å². The number of carboxylic acid groups (broad SMARTS) is 1. The van der Waals surface area contributed by atoms with Gasteiger partial charge < -0.3 is 10.4 Å². The number of carbonyl (C=O) groups is 1. The fourth-order valence-corrected chi connectivity index (χ4v) is 2.21. The molecule has 0 aromatic carbocycles. The largest absolute Gasteiger partial charge is 0.480 e. The molecule has 0 spiro atoms. The molecule has 6 nitrogen and oxygen atoms in total. The number of aryl methyl sites for hydroxylation is 2. The third-order valence-corrected chi connectivity index (χ3v) is 3.72. The summed E-state index contributed by atoms with van der Waals surface area (Å²) >= 11 is 0. The maximum Gasteiger partial charge on any atom is 0.329 e. The number of rotatable bonds is 6. The molecule has 1 fully saturated rings. The van der Waals surface area contributed by atoms with Crippen molar-refractivity contribution in [2.75, 3.05) is 5.32 Å². The summed E-state index contributed by atoms with van der Waals surface area (Å²) < 4.78 is 0. The Labute approximate surface area is 112 Å². The molecular formula is C13H20N4O2. The first kappa shape index (κ1) is 13.7. The van der Waals surface area contributed by atoms with E-state index in [4.69, 9.17) is 0 Å². The molecule has 1 aliphatic carbocycles. The van der Waals surface area contributed by atoms with Crippen LogP contribution in [0.25, 0.3) is 0 Å². The van der Waals surface area contributed by atoms with Gasteiger partial charge in [0.2, 0.25) is 5.95 Å². The number of anilines is 1. The number of nitrogens with one attached hydrogen (secondary N) is 1. The normalized spacial score (nSPS) is 17.8. The number of hydrogen-bond donors (Lipinski definition) is 2. The van der Waals surface area contributed by atoms with E-state index in [9.17, 15) is 9.90 Å². The molecule has 0 saturated heterocycles. The Morgan fingerprint density at radius 1 is 1.32 bits per heavy atom. The van der Waals surface area contributed by atoms with Gasteiger partial charge in [0, 0.05) is 0 Å². The Bertz CT molecular complexity index is 488. The zero-order valence-corrected chi connectivity index (χ0v) is 11.6. The van der Waals surface area contributed by atoms with Crippen LogP contribution in [-0.4, -0.2) is 31.8 Å². The smallest absolute Gasteiger partial charge is 0.329 e. The Kier molecular flexibility index (Phi) is 3.68. The fraction of sp³-hybridized carbons (Fsp3) is 0.692. The third kappa shape index (κ3) is 2.67. The Morgan fingerprint density at radius 2 is 1.95 bits per heavy atom. The fourth-order valence-electron chi connectivity index (χ4n) is 2.21. The van der Waals surface area contributed by atoms with Crippen LogP contribution in [0.1, 0.15) is 45.0 Å². The molecule has 0 radical (unpaired) electrons. The molecule has 0 bridgehead atoms. The highest BCUT2D eigenvalue weighted by Gasteiger charge is 2.48. The van der Waals surface area contributed by atoms with Crippen molar-refractivity contribution in [3.63, 3.8) is 0 Å². The van der Waals surface area contributed by atoms with Crippen LogP contribution in [0.5, 0.6) is 0 Å². The lowest BCUT2D eigenvalue weighted by molar-refractivity contribution is -0.142. The van der Waals surface area contributed by atoms with Crippen molar-refractivity contribution in [1.29, 1.82) is 0 Å². The minimum absolute atomic E-state index is 0.143. The molecule has 1 heterocycles. The van der Waals surface area contributed by atoms with Gasteiger partial charge in [0.05, 0.1) is 11.4 Å². The third-order valence-electron chi connectivity index (χ3n) is 3.72. The summed E-state index contributed by atoms with van der Waals surface area (Å²) in [5.74, 6) is -0.411. The molecule has 1 aromatic heterocycles. The lowest BCUT2D eigenvalue weighted by atomic mass is 9.96. The predicted octanol–water partition coefficient (Wildman–Crippen LogP) is 1.66. The maximum absolute atomic E-state index is 11.4. The Morgan fingerprint density at radius 3 is 2.42 bits per heavy atom. The quantitative estimate of drug-likeness (QED) is 0.812. The van der Waals surface area contributed by atoms with Crippen molar-refractivity contribution in [2.24, 2.45) is 5.92 Å². The zero-order valence-electron chi connectivity index (χ0n) is 11.6. The lowest BCUT2D eigenvalue weighted by Crippen LogP contribution is -2.46. The summed E-state index contributed by atoms with van der Waals surface area (Å²) in [6, 6.07) is 0. The summed E-state index contributed by atoms with van der Waals surface area (Å²) in [6.07, 6.45) is 3.40. The highest BCUT2D eigenvalue weighted by Crippen LogP contribution is 2.41. The molecule has 1 aromatic rings. The SMILES string of the molecule is CCc1nnc(NC(C)(C(=O)O)C2CC2)nc1CC. The molecule has 2 N–H and O–H groups in total. The number of carboxylic acids is 1. The van der Waals surface area contributed by atoms with E-state index < -0.39 is 11.5 Å². The molecule has 0 aliphatic heterocycles. The van der Waals surface area contributed by atoms with Gasteiger partial charge in [-0.2, -0.15) is 5.10 Å². The van der Waals surface area contributed by atoms with Crippen molar-refractivity contribution in [1.82, 2.24) is 15.2 Å². The molecule has 2 rings (SSSR count). The monoisotopic (exact) mass is 264 g/mol. The summed E-state index contributed by atoms with van der Waals surface area (Å²) in [5.41, 5.74) is 0.750. The van der Waals surface area contributed by atoms with E-state index in [2.05, 4.69) is 20.5 Å². The van der Waals surface area contributed by atoms with Crippen molar-refractivity contribution < 1.29 is 9.90 Å².